The zero-order chi connectivity index (χ0) is 12.1. The van der Waals surface area contributed by atoms with E-state index in [1.165, 1.54) is 6.08 Å². The fourth-order valence-corrected chi connectivity index (χ4v) is 1.57. The maximum Gasteiger partial charge on any atom is 0.168 e. The van der Waals surface area contributed by atoms with E-state index in [9.17, 15) is 0 Å². The topological polar surface area (TPSA) is 66.0 Å². The molecule has 0 bridgehead atoms. The molecule has 2 rings (SSSR count). The maximum atomic E-state index is 8.73. The van der Waals surface area contributed by atoms with Crippen LogP contribution in [0.15, 0.2) is 23.8 Å². The van der Waals surface area contributed by atoms with Crippen LogP contribution in [-0.2, 0) is 0 Å². The number of para-hydroxylation sites is 1. The van der Waals surface area contributed by atoms with E-state index < -0.39 is 0 Å². The van der Waals surface area contributed by atoms with E-state index in [0.717, 1.165) is 6.42 Å². The number of ether oxygens (including phenoxy) is 2. The van der Waals surface area contributed by atoms with Gasteiger partial charge in [-0.1, -0.05) is 12.1 Å². The molecule has 1 heterocycles. The summed E-state index contributed by atoms with van der Waals surface area (Å²) in [6.07, 6.45) is 2.33. The highest BCUT2D eigenvalue weighted by molar-refractivity contribution is 5.69. The Bertz CT molecular complexity index is 519. The van der Waals surface area contributed by atoms with Crippen molar-refractivity contribution in [2.24, 2.45) is 0 Å². The van der Waals surface area contributed by atoms with Crippen molar-refractivity contribution in [3.63, 3.8) is 0 Å². The van der Waals surface area contributed by atoms with Crippen molar-refractivity contribution in [3.8, 4) is 23.6 Å². The molecule has 0 aliphatic carbocycles. The van der Waals surface area contributed by atoms with Crippen LogP contribution in [0.2, 0.25) is 0 Å². The molecule has 1 aromatic carbocycles. The molecule has 84 valence electrons. The van der Waals surface area contributed by atoms with Gasteiger partial charge < -0.3 is 9.47 Å². The van der Waals surface area contributed by atoms with Gasteiger partial charge in [0.15, 0.2) is 11.5 Å². The van der Waals surface area contributed by atoms with E-state index in [2.05, 4.69) is 0 Å². The Morgan fingerprint density at radius 2 is 1.94 bits per heavy atom. The Kier molecular flexibility index (Phi) is 3.28. The molecular formula is C13H10N2O2. The predicted molar refractivity (Wildman–Crippen MR) is 61.3 cm³/mol. The van der Waals surface area contributed by atoms with Crippen LogP contribution in [-0.4, -0.2) is 13.2 Å². The Morgan fingerprint density at radius 1 is 1.18 bits per heavy atom. The Morgan fingerprint density at radius 3 is 2.71 bits per heavy atom. The first-order valence-electron chi connectivity index (χ1n) is 5.25. The lowest BCUT2D eigenvalue weighted by Gasteiger charge is -2.09. The first-order chi connectivity index (χ1) is 8.35. The van der Waals surface area contributed by atoms with E-state index >= 15 is 0 Å². The summed E-state index contributed by atoms with van der Waals surface area (Å²) in [5.74, 6) is 1.26. The molecule has 0 N–H and O–H groups in total. The van der Waals surface area contributed by atoms with Gasteiger partial charge in [0.05, 0.1) is 13.2 Å². The number of nitrogens with zero attached hydrogens (tertiary/aromatic N) is 2. The summed E-state index contributed by atoms with van der Waals surface area (Å²) < 4.78 is 11.1. The van der Waals surface area contributed by atoms with Gasteiger partial charge in [0.1, 0.15) is 17.7 Å². The molecule has 0 fully saturated rings. The van der Waals surface area contributed by atoms with Gasteiger partial charge in [-0.3, -0.25) is 0 Å². The molecule has 1 aliphatic rings. The normalized spacial score (nSPS) is 12.8. The summed E-state index contributed by atoms with van der Waals surface area (Å²) in [4.78, 5) is 0. The van der Waals surface area contributed by atoms with Crippen LogP contribution in [0.5, 0.6) is 11.5 Å². The maximum absolute atomic E-state index is 8.73. The number of rotatable bonds is 1. The second-order valence-corrected chi connectivity index (χ2v) is 3.51. The van der Waals surface area contributed by atoms with E-state index in [1.54, 1.807) is 6.07 Å². The highest BCUT2D eigenvalue weighted by Crippen LogP contribution is 2.34. The van der Waals surface area contributed by atoms with Crippen LogP contribution in [0.1, 0.15) is 12.0 Å². The van der Waals surface area contributed by atoms with Crippen molar-refractivity contribution in [1.82, 2.24) is 0 Å². The minimum Gasteiger partial charge on any atom is -0.490 e. The van der Waals surface area contributed by atoms with Gasteiger partial charge in [-0.15, -0.1) is 0 Å². The van der Waals surface area contributed by atoms with Crippen LogP contribution >= 0.6 is 0 Å². The average molecular weight is 226 g/mol. The summed E-state index contributed by atoms with van der Waals surface area (Å²) in [6.45, 7) is 1.19. The van der Waals surface area contributed by atoms with Gasteiger partial charge in [0.25, 0.3) is 0 Å². The number of benzene rings is 1. The van der Waals surface area contributed by atoms with Crippen molar-refractivity contribution in [1.29, 1.82) is 10.5 Å². The van der Waals surface area contributed by atoms with Gasteiger partial charge >= 0.3 is 0 Å². The summed E-state index contributed by atoms with van der Waals surface area (Å²) in [5.41, 5.74) is 0.744. The van der Waals surface area contributed by atoms with Crippen LogP contribution in [0.3, 0.4) is 0 Å². The highest BCUT2D eigenvalue weighted by Gasteiger charge is 2.13. The SMILES string of the molecule is N#CC(C#N)=Cc1cccc2c1OCCCO2. The number of nitriles is 2. The molecule has 1 aromatic rings. The fraction of sp³-hybridized carbons (Fsp3) is 0.231. The lowest BCUT2D eigenvalue weighted by Crippen LogP contribution is -1.98. The third kappa shape index (κ3) is 2.38. The Balaban J connectivity index is 2.46. The van der Waals surface area contributed by atoms with Crippen molar-refractivity contribution in [2.75, 3.05) is 13.2 Å². The number of hydrogen-bond acceptors (Lipinski definition) is 4. The zero-order valence-electron chi connectivity index (χ0n) is 9.14. The largest absolute Gasteiger partial charge is 0.490 e. The molecule has 0 amide bonds. The fourth-order valence-electron chi connectivity index (χ4n) is 1.57. The van der Waals surface area contributed by atoms with Crippen LogP contribution in [0.25, 0.3) is 6.08 Å². The Hall–Kier alpha value is -2.46. The van der Waals surface area contributed by atoms with Crippen molar-refractivity contribution < 1.29 is 9.47 Å². The molecule has 4 heteroatoms. The Labute approximate surface area is 99.3 Å². The molecule has 0 saturated carbocycles. The predicted octanol–water partition coefficient (Wildman–Crippen LogP) is 2.28. The minimum atomic E-state index is 0.0475. The molecule has 0 saturated heterocycles. The van der Waals surface area contributed by atoms with Crippen molar-refractivity contribution in [2.45, 2.75) is 6.42 Å². The van der Waals surface area contributed by atoms with Gasteiger partial charge in [0, 0.05) is 12.0 Å². The van der Waals surface area contributed by atoms with Gasteiger partial charge in [0.2, 0.25) is 0 Å². The van der Waals surface area contributed by atoms with Crippen molar-refractivity contribution in [3.05, 3.63) is 29.3 Å². The molecule has 17 heavy (non-hydrogen) atoms. The first-order valence-corrected chi connectivity index (χ1v) is 5.25. The number of hydrogen-bond donors (Lipinski definition) is 0. The molecule has 0 atom stereocenters. The van der Waals surface area contributed by atoms with E-state index in [1.807, 2.05) is 24.3 Å². The summed E-state index contributed by atoms with van der Waals surface area (Å²) >= 11 is 0. The molecule has 0 spiro atoms. The van der Waals surface area contributed by atoms with Crippen LogP contribution in [0, 0.1) is 22.7 Å². The number of fused-ring (bicyclic) bond motifs is 1. The smallest absolute Gasteiger partial charge is 0.168 e. The summed E-state index contributed by atoms with van der Waals surface area (Å²) in [5, 5.41) is 17.5. The molecule has 0 radical (unpaired) electrons. The van der Waals surface area contributed by atoms with Crippen LogP contribution in [0.4, 0.5) is 0 Å². The minimum absolute atomic E-state index is 0.0475. The second-order valence-electron chi connectivity index (χ2n) is 3.51. The summed E-state index contributed by atoms with van der Waals surface area (Å²) in [6, 6.07) is 9.07. The van der Waals surface area contributed by atoms with Crippen LogP contribution < -0.4 is 9.47 Å². The summed E-state index contributed by atoms with van der Waals surface area (Å²) in [7, 11) is 0. The van der Waals surface area contributed by atoms with Gasteiger partial charge in [-0.2, -0.15) is 10.5 Å². The van der Waals surface area contributed by atoms with Gasteiger partial charge in [-0.05, 0) is 12.1 Å². The standard InChI is InChI=1S/C13H10N2O2/c14-8-10(9-15)7-11-3-1-4-12-13(11)17-6-2-5-16-12/h1,3-4,7H,2,5-6H2. The molecular weight excluding hydrogens is 216 g/mol. The van der Waals surface area contributed by atoms with Crippen molar-refractivity contribution >= 4 is 6.08 Å². The zero-order valence-corrected chi connectivity index (χ0v) is 9.14. The lowest BCUT2D eigenvalue weighted by molar-refractivity contribution is 0.296. The third-order valence-corrected chi connectivity index (χ3v) is 2.34. The second kappa shape index (κ2) is 5.05. The van der Waals surface area contributed by atoms with Gasteiger partial charge in [-0.25, -0.2) is 0 Å². The quantitative estimate of drug-likeness (QED) is 0.689. The highest BCUT2D eigenvalue weighted by atomic mass is 16.5. The lowest BCUT2D eigenvalue weighted by atomic mass is 10.1. The average Bonchev–Trinajstić information content (AvgIpc) is 2.61. The van der Waals surface area contributed by atoms with E-state index in [-0.39, 0.29) is 5.57 Å². The molecule has 4 nitrogen and oxygen atoms in total. The monoisotopic (exact) mass is 226 g/mol. The molecule has 0 unspecified atom stereocenters. The molecule has 1 aliphatic heterocycles. The third-order valence-electron chi connectivity index (χ3n) is 2.34. The molecule has 0 aromatic heterocycles. The van der Waals surface area contributed by atoms with E-state index in [0.29, 0.717) is 30.3 Å². The van der Waals surface area contributed by atoms with E-state index in [4.69, 9.17) is 20.0 Å². The number of allylic oxidation sites excluding steroid dienone is 1. The first kappa shape index (κ1) is 11.0.